The van der Waals surface area contributed by atoms with Crippen LogP contribution in [0.2, 0.25) is 0 Å². The first-order chi connectivity index (χ1) is 11.3. The first-order valence-electron chi connectivity index (χ1n) is 8.72. The summed E-state index contributed by atoms with van der Waals surface area (Å²) in [5.41, 5.74) is 2.63. The van der Waals surface area contributed by atoms with Crippen LogP contribution in [0.5, 0.6) is 5.75 Å². The number of ether oxygens (including phenoxy) is 1. The summed E-state index contributed by atoms with van der Waals surface area (Å²) in [5, 5.41) is 0. The largest absolute Gasteiger partial charge is 0.489 e. The van der Waals surface area contributed by atoms with E-state index in [1.807, 2.05) is 30.3 Å². The Balaban J connectivity index is 1.70. The van der Waals surface area contributed by atoms with Gasteiger partial charge in [-0.05, 0) is 62.7 Å². The third-order valence-electron chi connectivity index (χ3n) is 4.07. The van der Waals surface area contributed by atoms with Crippen LogP contribution in [0.25, 0.3) is 0 Å². The number of hydrogen-bond donors (Lipinski definition) is 0. The van der Waals surface area contributed by atoms with Gasteiger partial charge in [-0.15, -0.1) is 0 Å². The molecule has 2 rings (SSSR count). The molecule has 124 valence electrons. The van der Waals surface area contributed by atoms with Gasteiger partial charge in [-0.1, -0.05) is 55.8 Å². The summed E-state index contributed by atoms with van der Waals surface area (Å²) in [6.45, 7) is 5.27. The van der Waals surface area contributed by atoms with Crippen LogP contribution in [0.3, 0.4) is 0 Å². The molecule has 0 N–H and O–H groups in total. The Kier molecular flexibility index (Phi) is 7.68. The van der Waals surface area contributed by atoms with Gasteiger partial charge in [-0.2, -0.15) is 0 Å². The van der Waals surface area contributed by atoms with E-state index in [4.69, 9.17) is 4.74 Å². The van der Waals surface area contributed by atoms with Crippen LogP contribution in [0.15, 0.2) is 54.6 Å². The lowest BCUT2D eigenvalue weighted by molar-refractivity contribution is 0.306. The van der Waals surface area contributed by atoms with Gasteiger partial charge in [-0.25, -0.2) is 0 Å². The van der Waals surface area contributed by atoms with Crippen molar-refractivity contribution in [3.05, 3.63) is 65.7 Å². The van der Waals surface area contributed by atoms with E-state index in [2.05, 4.69) is 43.1 Å². The van der Waals surface area contributed by atoms with Gasteiger partial charge >= 0.3 is 0 Å². The Bertz CT molecular complexity index is 536. The molecule has 0 amide bonds. The van der Waals surface area contributed by atoms with Gasteiger partial charge in [0.05, 0.1) is 0 Å². The van der Waals surface area contributed by atoms with Crippen LogP contribution in [-0.2, 0) is 13.0 Å². The number of unbranched alkanes of at least 4 members (excludes halogenated alkanes) is 1. The molecular formula is C21H29NO. The molecule has 0 unspecified atom stereocenters. The Labute approximate surface area is 141 Å². The van der Waals surface area contributed by atoms with Crippen LogP contribution in [0.4, 0.5) is 0 Å². The van der Waals surface area contributed by atoms with Gasteiger partial charge in [0.1, 0.15) is 12.4 Å². The second-order valence-electron chi connectivity index (χ2n) is 6.18. The zero-order valence-electron chi connectivity index (χ0n) is 14.5. The lowest BCUT2D eigenvalue weighted by atomic mass is 10.1. The second-order valence-corrected chi connectivity index (χ2v) is 6.18. The highest BCUT2D eigenvalue weighted by Gasteiger charge is 2.00. The highest BCUT2D eigenvalue weighted by molar-refractivity contribution is 5.24. The first kappa shape index (κ1) is 17.6. The van der Waals surface area contributed by atoms with Crippen molar-refractivity contribution in [2.24, 2.45) is 0 Å². The van der Waals surface area contributed by atoms with E-state index >= 15 is 0 Å². The van der Waals surface area contributed by atoms with Gasteiger partial charge in [0.15, 0.2) is 0 Å². The molecule has 0 aliphatic heterocycles. The lowest BCUT2D eigenvalue weighted by Crippen LogP contribution is -2.21. The molecule has 0 fully saturated rings. The third-order valence-corrected chi connectivity index (χ3v) is 4.07. The molecular weight excluding hydrogens is 282 g/mol. The zero-order valence-corrected chi connectivity index (χ0v) is 14.5. The van der Waals surface area contributed by atoms with Crippen molar-refractivity contribution in [2.75, 3.05) is 20.1 Å². The second kappa shape index (κ2) is 10.1. The molecule has 2 nitrogen and oxygen atoms in total. The van der Waals surface area contributed by atoms with Crippen molar-refractivity contribution >= 4 is 0 Å². The molecule has 2 aromatic rings. The smallest absolute Gasteiger partial charge is 0.119 e. The van der Waals surface area contributed by atoms with Crippen molar-refractivity contribution in [2.45, 2.75) is 39.2 Å². The minimum absolute atomic E-state index is 0.629. The van der Waals surface area contributed by atoms with Gasteiger partial charge < -0.3 is 9.64 Å². The van der Waals surface area contributed by atoms with Gasteiger partial charge in [0.25, 0.3) is 0 Å². The molecule has 0 heterocycles. The molecule has 0 saturated heterocycles. The molecule has 23 heavy (non-hydrogen) atoms. The summed E-state index contributed by atoms with van der Waals surface area (Å²) in [7, 11) is 2.22. The average Bonchev–Trinajstić information content (AvgIpc) is 2.60. The Morgan fingerprint density at radius 2 is 1.48 bits per heavy atom. The summed E-state index contributed by atoms with van der Waals surface area (Å²) in [5.74, 6) is 0.923. The number of benzene rings is 2. The molecule has 0 saturated carbocycles. The van der Waals surface area contributed by atoms with Crippen molar-refractivity contribution in [3.63, 3.8) is 0 Å². The van der Waals surface area contributed by atoms with Gasteiger partial charge in [0.2, 0.25) is 0 Å². The minimum atomic E-state index is 0.629. The van der Waals surface area contributed by atoms with E-state index in [1.54, 1.807) is 0 Å². The fourth-order valence-electron chi connectivity index (χ4n) is 2.58. The standard InChI is InChI=1S/C21H29NO/c1-3-4-16-22(2)17-8-9-19-12-14-20(15-13-19)18-23-21-10-6-5-7-11-21/h5-7,10-15H,3-4,8-9,16-18H2,1-2H3. The Hall–Kier alpha value is -1.80. The first-order valence-corrected chi connectivity index (χ1v) is 8.72. The number of nitrogens with zero attached hydrogens (tertiary/aromatic N) is 1. The molecule has 0 aromatic heterocycles. The van der Waals surface area contributed by atoms with Crippen LogP contribution >= 0.6 is 0 Å². The minimum Gasteiger partial charge on any atom is -0.489 e. The average molecular weight is 311 g/mol. The van der Waals surface area contributed by atoms with Crippen molar-refractivity contribution in [1.82, 2.24) is 4.90 Å². The highest BCUT2D eigenvalue weighted by Crippen LogP contribution is 2.13. The van der Waals surface area contributed by atoms with E-state index < -0.39 is 0 Å². The topological polar surface area (TPSA) is 12.5 Å². The highest BCUT2D eigenvalue weighted by atomic mass is 16.5. The van der Waals surface area contributed by atoms with Gasteiger partial charge in [0, 0.05) is 0 Å². The molecule has 0 spiro atoms. The number of hydrogen-bond acceptors (Lipinski definition) is 2. The predicted molar refractivity (Wildman–Crippen MR) is 97.9 cm³/mol. The Morgan fingerprint density at radius 1 is 0.826 bits per heavy atom. The molecule has 0 radical (unpaired) electrons. The summed E-state index contributed by atoms with van der Waals surface area (Å²) in [4.78, 5) is 2.44. The summed E-state index contributed by atoms with van der Waals surface area (Å²) in [6.07, 6.45) is 4.94. The zero-order chi connectivity index (χ0) is 16.3. The third kappa shape index (κ3) is 6.87. The van der Waals surface area contributed by atoms with Crippen LogP contribution in [-0.4, -0.2) is 25.0 Å². The molecule has 0 aliphatic carbocycles. The monoisotopic (exact) mass is 311 g/mol. The van der Waals surface area contributed by atoms with E-state index in [0.29, 0.717) is 6.61 Å². The Morgan fingerprint density at radius 3 is 2.17 bits per heavy atom. The quantitative estimate of drug-likeness (QED) is 0.617. The maximum atomic E-state index is 5.78. The fraction of sp³-hybridized carbons (Fsp3) is 0.429. The SMILES string of the molecule is CCCCN(C)CCCc1ccc(COc2ccccc2)cc1. The van der Waals surface area contributed by atoms with Crippen molar-refractivity contribution in [1.29, 1.82) is 0 Å². The van der Waals surface area contributed by atoms with E-state index in [9.17, 15) is 0 Å². The van der Waals surface area contributed by atoms with E-state index in [-0.39, 0.29) is 0 Å². The predicted octanol–water partition coefficient (Wildman–Crippen LogP) is 4.93. The summed E-state index contributed by atoms with van der Waals surface area (Å²) in [6, 6.07) is 18.8. The fourth-order valence-corrected chi connectivity index (χ4v) is 2.58. The summed E-state index contributed by atoms with van der Waals surface area (Å²) >= 11 is 0. The maximum absolute atomic E-state index is 5.78. The molecule has 0 bridgehead atoms. The molecule has 2 heteroatoms. The van der Waals surface area contributed by atoms with Crippen LogP contribution in [0.1, 0.15) is 37.3 Å². The lowest BCUT2D eigenvalue weighted by Gasteiger charge is -2.15. The normalized spacial score (nSPS) is 10.9. The van der Waals surface area contributed by atoms with Crippen molar-refractivity contribution < 1.29 is 4.74 Å². The maximum Gasteiger partial charge on any atom is 0.119 e. The number of rotatable bonds is 10. The van der Waals surface area contributed by atoms with E-state index in [0.717, 1.165) is 12.2 Å². The summed E-state index contributed by atoms with van der Waals surface area (Å²) < 4.78 is 5.78. The van der Waals surface area contributed by atoms with Crippen molar-refractivity contribution in [3.8, 4) is 5.75 Å². The van der Waals surface area contributed by atoms with E-state index in [1.165, 1.54) is 43.5 Å². The van der Waals surface area contributed by atoms with Gasteiger partial charge in [-0.3, -0.25) is 0 Å². The number of aryl methyl sites for hydroxylation is 1. The number of para-hydroxylation sites is 1. The molecule has 0 aliphatic rings. The molecule has 2 aromatic carbocycles. The van der Waals surface area contributed by atoms with Crippen LogP contribution < -0.4 is 4.74 Å². The van der Waals surface area contributed by atoms with Crippen LogP contribution in [0, 0.1) is 0 Å². The molecule has 0 atom stereocenters.